The molecule has 0 radical (unpaired) electrons. The number of nitrogens with two attached hydrogens (primary N) is 1. The van der Waals surface area contributed by atoms with E-state index >= 15 is 0 Å². The number of nitrogens with one attached hydrogen (secondary N) is 1. The molecule has 1 aliphatic carbocycles. The van der Waals surface area contributed by atoms with E-state index in [1.807, 2.05) is 0 Å². The van der Waals surface area contributed by atoms with Gasteiger partial charge < -0.3 is 20.9 Å². The fourth-order valence-electron chi connectivity index (χ4n) is 2.34. The van der Waals surface area contributed by atoms with Crippen molar-refractivity contribution >= 4 is 11.9 Å². The molecule has 0 aliphatic heterocycles. The van der Waals surface area contributed by atoms with Crippen molar-refractivity contribution in [3.05, 3.63) is 0 Å². The number of aliphatic carboxylic acids is 1. The zero-order chi connectivity index (χ0) is 13.6. The Bertz CT molecular complexity index is 296. The Morgan fingerprint density at radius 2 is 2.00 bits per heavy atom. The molecule has 1 aliphatic rings. The Morgan fingerprint density at radius 1 is 1.39 bits per heavy atom. The topological polar surface area (TPSA) is 102 Å². The number of amides is 1. The summed E-state index contributed by atoms with van der Waals surface area (Å²) in [5.74, 6) is -1.26. The molecule has 6 heteroatoms. The third kappa shape index (κ3) is 3.68. The molecular weight excluding hydrogens is 236 g/mol. The molecule has 1 rings (SSSR count). The van der Waals surface area contributed by atoms with Gasteiger partial charge in [0.15, 0.2) is 0 Å². The van der Waals surface area contributed by atoms with Gasteiger partial charge >= 0.3 is 5.97 Å². The highest BCUT2D eigenvalue weighted by Crippen LogP contribution is 2.28. The molecule has 4 N–H and O–H groups in total. The highest BCUT2D eigenvalue weighted by molar-refractivity contribution is 5.87. The first kappa shape index (κ1) is 14.9. The Balaban J connectivity index is 2.61. The quantitative estimate of drug-likeness (QED) is 0.634. The van der Waals surface area contributed by atoms with Crippen molar-refractivity contribution in [2.24, 2.45) is 5.73 Å². The lowest BCUT2D eigenvalue weighted by atomic mass is 9.81. The van der Waals surface area contributed by atoms with Crippen LogP contribution in [0.15, 0.2) is 0 Å². The van der Waals surface area contributed by atoms with Crippen LogP contribution >= 0.6 is 0 Å². The third-order valence-corrected chi connectivity index (χ3v) is 3.50. The van der Waals surface area contributed by atoms with Gasteiger partial charge in [-0.1, -0.05) is 19.3 Å². The molecule has 104 valence electrons. The van der Waals surface area contributed by atoms with Crippen LogP contribution in [0.3, 0.4) is 0 Å². The summed E-state index contributed by atoms with van der Waals surface area (Å²) in [6.45, 7) is 0.240. The van der Waals surface area contributed by atoms with E-state index in [2.05, 4.69) is 5.32 Å². The number of carbonyl (C=O) groups is 2. The van der Waals surface area contributed by atoms with Gasteiger partial charge in [0.2, 0.25) is 5.91 Å². The van der Waals surface area contributed by atoms with Crippen molar-refractivity contribution in [1.82, 2.24) is 5.32 Å². The first-order valence-corrected chi connectivity index (χ1v) is 6.31. The van der Waals surface area contributed by atoms with E-state index < -0.39 is 11.5 Å². The first-order valence-electron chi connectivity index (χ1n) is 6.31. The molecule has 0 aromatic rings. The van der Waals surface area contributed by atoms with Crippen LogP contribution < -0.4 is 11.1 Å². The highest BCUT2D eigenvalue weighted by atomic mass is 16.5. The summed E-state index contributed by atoms with van der Waals surface area (Å²) in [6, 6.07) is 0. The van der Waals surface area contributed by atoms with Crippen LogP contribution in [0, 0.1) is 0 Å². The summed E-state index contributed by atoms with van der Waals surface area (Å²) in [7, 11) is 1.48. The SMILES string of the molecule is COC(CN)CC(=O)NC1(C(=O)O)CCCCC1. The van der Waals surface area contributed by atoms with E-state index in [0.29, 0.717) is 12.8 Å². The standard InChI is InChI=1S/C12H22N2O4/c1-18-9(8-13)7-10(15)14-12(11(16)17)5-3-2-4-6-12/h9H,2-8,13H2,1H3,(H,14,15)(H,16,17). The van der Waals surface area contributed by atoms with E-state index in [4.69, 9.17) is 10.5 Å². The third-order valence-electron chi connectivity index (χ3n) is 3.50. The molecule has 0 spiro atoms. The molecule has 6 nitrogen and oxygen atoms in total. The number of carbonyl (C=O) groups excluding carboxylic acids is 1. The molecule has 1 atom stereocenters. The van der Waals surface area contributed by atoms with Crippen molar-refractivity contribution in [3.63, 3.8) is 0 Å². The Morgan fingerprint density at radius 3 is 2.44 bits per heavy atom. The first-order chi connectivity index (χ1) is 8.54. The summed E-state index contributed by atoms with van der Waals surface area (Å²) in [4.78, 5) is 23.2. The lowest BCUT2D eigenvalue weighted by Crippen LogP contribution is -2.56. The lowest BCUT2D eigenvalue weighted by Gasteiger charge is -2.34. The largest absolute Gasteiger partial charge is 0.480 e. The van der Waals surface area contributed by atoms with Gasteiger partial charge in [-0.2, -0.15) is 0 Å². The zero-order valence-electron chi connectivity index (χ0n) is 10.8. The molecular formula is C12H22N2O4. The maximum Gasteiger partial charge on any atom is 0.329 e. The summed E-state index contributed by atoms with van der Waals surface area (Å²) in [5.41, 5.74) is 4.34. The Labute approximate surface area is 107 Å². The maximum atomic E-state index is 11.8. The zero-order valence-corrected chi connectivity index (χ0v) is 10.8. The van der Waals surface area contributed by atoms with Gasteiger partial charge in [0.25, 0.3) is 0 Å². The number of carboxylic acids is 1. The number of hydrogen-bond acceptors (Lipinski definition) is 4. The van der Waals surface area contributed by atoms with Crippen molar-refractivity contribution in [3.8, 4) is 0 Å². The van der Waals surface area contributed by atoms with Crippen LogP contribution in [-0.4, -0.2) is 42.3 Å². The van der Waals surface area contributed by atoms with Crippen molar-refractivity contribution in [2.75, 3.05) is 13.7 Å². The van der Waals surface area contributed by atoms with Crippen LogP contribution in [0.2, 0.25) is 0 Å². The van der Waals surface area contributed by atoms with E-state index in [1.165, 1.54) is 7.11 Å². The predicted molar refractivity (Wildman–Crippen MR) is 66.1 cm³/mol. The van der Waals surface area contributed by atoms with Gasteiger partial charge in [-0.3, -0.25) is 4.79 Å². The molecule has 1 fully saturated rings. The second-order valence-corrected chi connectivity index (χ2v) is 4.79. The second kappa shape index (κ2) is 6.70. The van der Waals surface area contributed by atoms with Crippen LogP contribution in [0.25, 0.3) is 0 Å². The molecule has 18 heavy (non-hydrogen) atoms. The molecule has 0 saturated heterocycles. The van der Waals surface area contributed by atoms with Gasteiger partial charge in [-0.25, -0.2) is 4.79 Å². The number of methoxy groups -OCH3 is 1. The van der Waals surface area contributed by atoms with Crippen LogP contribution in [0.1, 0.15) is 38.5 Å². The minimum atomic E-state index is -1.10. The number of carboxylic acid groups (broad SMARTS) is 1. The summed E-state index contributed by atoms with van der Waals surface area (Å²) in [6.07, 6.45) is 3.41. The Hall–Kier alpha value is -1.14. The maximum absolute atomic E-state index is 11.8. The van der Waals surface area contributed by atoms with Gasteiger partial charge in [-0.15, -0.1) is 0 Å². The normalized spacial score (nSPS) is 20.1. The number of hydrogen-bond donors (Lipinski definition) is 3. The minimum Gasteiger partial charge on any atom is -0.480 e. The average molecular weight is 258 g/mol. The number of ether oxygens (including phenoxy) is 1. The van der Waals surface area contributed by atoms with Gasteiger partial charge in [0.05, 0.1) is 12.5 Å². The Kier molecular flexibility index (Phi) is 5.55. The fourth-order valence-corrected chi connectivity index (χ4v) is 2.34. The fraction of sp³-hybridized carbons (Fsp3) is 0.833. The second-order valence-electron chi connectivity index (χ2n) is 4.79. The molecule has 0 aromatic carbocycles. The van der Waals surface area contributed by atoms with E-state index in [9.17, 15) is 14.7 Å². The lowest BCUT2D eigenvalue weighted by molar-refractivity contribution is -0.149. The highest BCUT2D eigenvalue weighted by Gasteiger charge is 2.41. The van der Waals surface area contributed by atoms with Crippen LogP contribution in [0.4, 0.5) is 0 Å². The molecule has 1 saturated carbocycles. The number of rotatable bonds is 6. The predicted octanol–water partition coefficient (Wildman–Crippen LogP) is 0.254. The molecule has 0 aromatic heterocycles. The van der Waals surface area contributed by atoms with E-state index in [-0.39, 0.29) is 25.0 Å². The molecule has 0 bridgehead atoms. The molecule has 1 amide bonds. The summed E-state index contributed by atoms with van der Waals surface area (Å²) >= 11 is 0. The van der Waals surface area contributed by atoms with Crippen molar-refractivity contribution in [1.29, 1.82) is 0 Å². The minimum absolute atomic E-state index is 0.0992. The van der Waals surface area contributed by atoms with E-state index in [0.717, 1.165) is 19.3 Å². The average Bonchev–Trinajstić information content (AvgIpc) is 2.36. The van der Waals surface area contributed by atoms with Crippen molar-refractivity contribution < 1.29 is 19.4 Å². The smallest absolute Gasteiger partial charge is 0.329 e. The van der Waals surface area contributed by atoms with Crippen LogP contribution in [-0.2, 0) is 14.3 Å². The molecule has 0 heterocycles. The van der Waals surface area contributed by atoms with Gasteiger partial charge in [0, 0.05) is 13.7 Å². The van der Waals surface area contributed by atoms with E-state index in [1.54, 1.807) is 0 Å². The van der Waals surface area contributed by atoms with Gasteiger partial charge in [0.1, 0.15) is 5.54 Å². The molecule has 1 unspecified atom stereocenters. The summed E-state index contributed by atoms with van der Waals surface area (Å²) in [5, 5.41) is 12.0. The van der Waals surface area contributed by atoms with Crippen molar-refractivity contribution in [2.45, 2.75) is 50.2 Å². The monoisotopic (exact) mass is 258 g/mol. The summed E-state index contributed by atoms with van der Waals surface area (Å²) < 4.78 is 5.02. The van der Waals surface area contributed by atoms with Crippen LogP contribution in [0.5, 0.6) is 0 Å². The van der Waals surface area contributed by atoms with Gasteiger partial charge in [-0.05, 0) is 12.8 Å².